The van der Waals surface area contributed by atoms with Gasteiger partial charge in [0.1, 0.15) is 11.3 Å². The molecule has 10 heteroatoms. The van der Waals surface area contributed by atoms with Crippen molar-refractivity contribution in [2.24, 2.45) is 5.92 Å². The molecule has 5 rings (SSSR count). The number of rotatable bonds is 6. The molecule has 0 atom stereocenters. The molecule has 2 amide bonds. The fraction of sp³-hybridized carbons (Fsp3) is 0.290. The first-order chi connectivity index (χ1) is 19.6. The van der Waals surface area contributed by atoms with Gasteiger partial charge in [0.25, 0.3) is 5.91 Å². The van der Waals surface area contributed by atoms with E-state index in [1.165, 1.54) is 0 Å². The molecule has 0 spiro atoms. The van der Waals surface area contributed by atoms with Crippen LogP contribution in [0.1, 0.15) is 54.5 Å². The fourth-order valence-corrected chi connectivity index (χ4v) is 4.89. The Bertz CT molecular complexity index is 1580. The average Bonchev–Trinajstić information content (AvgIpc) is 3.37. The summed E-state index contributed by atoms with van der Waals surface area (Å²) in [6.45, 7) is 6.94. The molecule has 0 unspecified atom stereocenters. The molecule has 2 aromatic heterocycles. The van der Waals surface area contributed by atoms with Crippen molar-refractivity contribution in [3.05, 3.63) is 78.2 Å². The highest BCUT2D eigenvalue weighted by Crippen LogP contribution is 2.27. The summed E-state index contributed by atoms with van der Waals surface area (Å²) in [4.78, 5) is 48.3. The van der Waals surface area contributed by atoms with Gasteiger partial charge in [0, 0.05) is 59.4 Å². The van der Waals surface area contributed by atoms with E-state index in [-0.39, 0.29) is 17.4 Å². The second-order valence-electron chi connectivity index (χ2n) is 11.2. The number of benzene rings is 2. The number of anilines is 4. The number of ether oxygens (including phenoxy) is 1. The molecule has 0 saturated carbocycles. The topological polar surface area (TPSA) is 142 Å². The van der Waals surface area contributed by atoms with Crippen LogP contribution in [0.4, 0.5) is 22.7 Å². The molecule has 2 aromatic carbocycles. The number of carbonyl (C=O) groups excluding carboxylic acids is 3. The van der Waals surface area contributed by atoms with Crippen LogP contribution in [0.15, 0.2) is 67.0 Å². The molecule has 1 aliphatic heterocycles. The number of piperidine rings is 1. The van der Waals surface area contributed by atoms with Gasteiger partial charge in [-0.25, -0.2) is 4.79 Å². The van der Waals surface area contributed by atoms with Crippen LogP contribution in [-0.4, -0.2) is 46.4 Å². The number of amides is 2. The Balaban J connectivity index is 1.26. The minimum Gasteiger partial charge on any atom is -0.455 e. The maximum absolute atomic E-state index is 13.3. The van der Waals surface area contributed by atoms with Crippen molar-refractivity contribution in [2.75, 3.05) is 34.4 Å². The third-order valence-electron chi connectivity index (χ3n) is 6.94. The number of fused-ring (bicyclic) bond motifs is 1. The number of hydrogen-bond acceptors (Lipinski definition) is 7. The molecule has 4 aromatic rings. The lowest BCUT2D eigenvalue weighted by molar-refractivity contribution is -0.120. The van der Waals surface area contributed by atoms with Gasteiger partial charge in [0.2, 0.25) is 5.91 Å². The van der Waals surface area contributed by atoms with Crippen LogP contribution in [0.5, 0.6) is 0 Å². The molecule has 0 radical (unpaired) electrons. The number of aromatic amines is 1. The van der Waals surface area contributed by atoms with Crippen LogP contribution in [0.2, 0.25) is 0 Å². The smallest absolute Gasteiger partial charge is 0.355 e. The maximum Gasteiger partial charge on any atom is 0.355 e. The Kier molecular flexibility index (Phi) is 7.65. The van der Waals surface area contributed by atoms with Crippen LogP contribution in [0, 0.1) is 5.92 Å². The predicted molar refractivity (Wildman–Crippen MR) is 160 cm³/mol. The number of aromatic nitrogens is 2. The highest BCUT2D eigenvalue weighted by Gasteiger charge is 2.26. The van der Waals surface area contributed by atoms with E-state index in [9.17, 15) is 14.4 Å². The first kappa shape index (κ1) is 27.7. The number of nitrogens with one attached hydrogen (secondary N) is 3. The number of pyridine rings is 1. The van der Waals surface area contributed by atoms with Crippen LogP contribution >= 0.6 is 0 Å². The molecular weight excluding hydrogens is 520 g/mol. The van der Waals surface area contributed by atoms with E-state index >= 15 is 0 Å². The van der Waals surface area contributed by atoms with Crippen LogP contribution < -0.4 is 21.3 Å². The molecule has 3 heterocycles. The summed E-state index contributed by atoms with van der Waals surface area (Å²) in [6.07, 6.45) is 4.93. The minimum atomic E-state index is -0.615. The third kappa shape index (κ3) is 6.66. The normalized spacial score (nSPS) is 14.1. The molecule has 212 valence electrons. The standard InChI is InChI=1S/C31H34N6O4/c1-31(2,3)41-30(40)27-16-20-4-6-22(18-26(20)35-27)34-29(39)24-17-21(32)5-7-25(24)36-28(38)19-10-14-37(15-11-19)23-8-12-33-13-9-23/h4-9,12-13,16-19,35H,10-11,14-15,32H2,1-3H3,(H,34,39)(H,36,38). The van der Waals surface area contributed by atoms with Gasteiger partial charge in [-0.3, -0.25) is 14.6 Å². The highest BCUT2D eigenvalue weighted by atomic mass is 16.6. The number of carbonyl (C=O) groups is 3. The molecule has 0 aliphatic carbocycles. The van der Waals surface area contributed by atoms with Crippen molar-refractivity contribution in [1.82, 2.24) is 9.97 Å². The third-order valence-corrected chi connectivity index (χ3v) is 6.94. The van der Waals surface area contributed by atoms with Gasteiger partial charge in [-0.2, -0.15) is 0 Å². The zero-order valence-corrected chi connectivity index (χ0v) is 23.4. The Labute approximate surface area is 238 Å². The lowest BCUT2D eigenvalue weighted by Crippen LogP contribution is -2.38. The summed E-state index contributed by atoms with van der Waals surface area (Å²) >= 11 is 0. The minimum absolute atomic E-state index is 0.124. The predicted octanol–water partition coefficient (Wildman–Crippen LogP) is 5.21. The van der Waals surface area contributed by atoms with Gasteiger partial charge in [0.15, 0.2) is 0 Å². The fourth-order valence-electron chi connectivity index (χ4n) is 4.89. The maximum atomic E-state index is 13.3. The summed E-state index contributed by atoms with van der Waals surface area (Å²) in [6, 6.07) is 15.8. The molecule has 5 N–H and O–H groups in total. The molecule has 1 saturated heterocycles. The summed E-state index contributed by atoms with van der Waals surface area (Å²) in [5.41, 5.74) is 9.04. The highest BCUT2D eigenvalue weighted by molar-refractivity contribution is 6.11. The van der Waals surface area contributed by atoms with Crippen molar-refractivity contribution in [3.63, 3.8) is 0 Å². The number of nitrogens with two attached hydrogens (primary N) is 1. The summed E-state index contributed by atoms with van der Waals surface area (Å²) in [5, 5.41) is 6.63. The Morgan fingerprint density at radius 2 is 1.71 bits per heavy atom. The van der Waals surface area contributed by atoms with Crippen molar-refractivity contribution < 1.29 is 19.1 Å². The zero-order valence-electron chi connectivity index (χ0n) is 23.4. The van der Waals surface area contributed by atoms with E-state index in [1.807, 2.05) is 12.1 Å². The molecular formula is C31H34N6O4. The van der Waals surface area contributed by atoms with Crippen LogP contribution in [0.3, 0.4) is 0 Å². The van der Waals surface area contributed by atoms with Gasteiger partial charge >= 0.3 is 5.97 Å². The molecule has 41 heavy (non-hydrogen) atoms. The second kappa shape index (κ2) is 11.3. The van der Waals surface area contributed by atoms with E-state index in [2.05, 4.69) is 25.5 Å². The van der Waals surface area contributed by atoms with Crippen molar-refractivity contribution >= 4 is 51.4 Å². The second-order valence-corrected chi connectivity index (χ2v) is 11.2. The zero-order chi connectivity index (χ0) is 29.1. The summed E-state index contributed by atoms with van der Waals surface area (Å²) in [5.74, 6) is -1.17. The van der Waals surface area contributed by atoms with Gasteiger partial charge in [-0.1, -0.05) is 6.07 Å². The lowest BCUT2D eigenvalue weighted by atomic mass is 9.95. The van der Waals surface area contributed by atoms with Gasteiger partial charge < -0.3 is 31.0 Å². The largest absolute Gasteiger partial charge is 0.455 e. The molecule has 0 bridgehead atoms. The molecule has 10 nitrogen and oxygen atoms in total. The monoisotopic (exact) mass is 554 g/mol. The SMILES string of the molecule is CC(C)(C)OC(=O)c1cc2ccc(NC(=O)c3cc(N)ccc3NC(=O)C3CCN(c4ccncc4)CC3)cc2[nH]1. The quantitative estimate of drug-likeness (QED) is 0.189. The van der Waals surface area contributed by atoms with Gasteiger partial charge in [0.05, 0.1) is 11.3 Å². The first-order valence-electron chi connectivity index (χ1n) is 13.6. The number of hydrogen-bond donors (Lipinski definition) is 4. The van der Waals surface area contributed by atoms with E-state index < -0.39 is 17.5 Å². The Morgan fingerprint density at radius 1 is 0.976 bits per heavy atom. The number of esters is 1. The summed E-state index contributed by atoms with van der Waals surface area (Å²) in [7, 11) is 0. The van der Waals surface area contributed by atoms with E-state index in [1.54, 1.807) is 75.6 Å². The van der Waals surface area contributed by atoms with E-state index in [4.69, 9.17) is 10.5 Å². The van der Waals surface area contributed by atoms with Gasteiger partial charge in [-0.15, -0.1) is 0 Å². The summed E-state index contributed by atoms with van der Waals surface area (Å²) < 4.78 is 5.44. The van der Waals surface area contributed by atoms with Crippen molar-refractivity contribution in [2.45, 2.75) is 39.2 Å². The lowest BCUT2D eigenvalue weighted by Gasteiger charge is -2.33. The van der Waals surface area contributed by atoms with E-state index in [0.29, 0.717) is 41.1 Å². The molecule has 1 aliphatic rings. The van der Waals surface area contributed by atoms with Crippen LogP contribution in [-0.2, 0) is 9.53 Å². The van der Waals surface area contributed by atoms with Gasteiger partial charge in [-0.05, 0) is 82.1 Å². The van der Waals surface area contributed by atoms with Crippen molar-refractivity contribution in [3.8, 4) is 0 Å². The number of H-pyrrole nitrogens is 1. The van der Waals surface area contributed by atoms with E-state index in [0.717, 1.165) is 24.2 Å². The first-order valence-corrected chi connectivity index (χ1v) is 13.6. The van der Waals surface area contributed by atoms with Crippen molar-refractivity contribution in [1.29, 1.82) is 0 Å². The Hall–Kier alpha value is -4.86. The number of nitrogen functional groups attached to an aromatic ring is 1. The number of nitrogens with zero attached hydrogens (tertiary/aromatic N) is 2. The van der Waals surface area contributed by atoms with Crippen LogP contribution in [0.25, 0.3) is 10.9 Å². The average molecular weight is 555 g/mol. The Morgan fingerprint density at radius 3 is 2.41 bits per heavy atom. The molecule has 1 fully saturated rings.